The van der Waals surface area contributed by atoms with E-state index in [1.165, 1.54) is 12.0 Å². The van der Waals surface area contributed by atoms with Crippen molar-refractivity contribution >= 4 is 29.9 Å². The minimum Gasteiger partial charge on any atom is -0.493 e. The molecule has 0 bridgehead atoms. The molecule has 10 heteroatoms. The Hall–Kier alpha value is -3.04. The standard InChI is InChI=1S/C21H26N4O5.ClH/c1-22(2)21(26)30-19-9-8-16(14-20(19)29-3)15-23-10-12-24(13-11-23)17-6-4-5-7-18(17)25(27)28;/h4-9,14H,10-13,15H2,1-3H3;1H. The quantitative estimate of drug-likeness (QED) is 0.492. The van der Waals surface area contributed by atoms with Gasteiger partial charge in [0.2, 0.25) is 0 Å². The number of halogens is 1. The Kier molecular flexibility index (Phi) is 8.47. The van der Waals surface area contributed by atoms with Gasteiger partial charge in [-0.15, -0.1) is 12.4 Å². The number of nitro groups is 1. The average Bonchev–Trinajstić information content (AvgIpc) is 2.75. The van der Waals surface area contributed by atoms with Crippen LogP contribution < -0.4 is 14.4 Å². The van der Waals surface area contributed by atoms with Crippen LogP contribution in [0.5, 0.6) is 11.5 Å². The first-order valence-electron chi connectivity index (χ1n) is 9.66. The first-order chi connectivity index (χ1) is 14.4. The molecule has 1 amide bonds. The highest BCUT2D eigenvalue weighted by Crippen LogP contribution is 2.30. The van der Waals surface area contributed by atoms with Gasteiger partial charge in [-0.1, -0.05) is 18.2 Å². The van der Waals surface area contributed by atoms with E-state index in [-0.39, 0.29) is 23.0 Å². The molecule has 3 rings (SSSR count). The number of hydrogen-bond donors (Lipinski definition) is 0. The number of nitrogens with zero attached hydrogens (tertiary/aromatic N) is 4. The lowest BCUT2D eigenvalue weighted by atomic mass is 10.1. The van der Waals surface area contributed by atoms with Gasteiger partial charge in [0.1, 0.15) is 5.69 Å². The zero-order chi connectivity index (χ0) is 21.7. The van der Waals surface area contributed by atoms with Gasteiger partial charge in [0.15, 0.2) is 11.5 Å². The summed E-state index contributed by atoms with van der Waals surface area (Å²) in [6.07, 6.45) is -0.466. The van der Waals surface area contributed by atoms with Crippen molar-refractivity contribution in [2.45, 2.75) is 6.54 Å². The van der Waals surface area contributed by atoms with Crippen molar-refractivity contribution in [3.05, 3.63) is 58.1 Å². The third-order valence-electron chi connectivity index (χ3n) is 4.99. The molecule has 1 fully saturated rings. The highest BCUT2D eigenvalue weighted by Gasteiger charge is 2.23. The SMILES string of the molecule is COc1cc(CN2CCN(c3ccccc3[N+](=O)[O-])CC2)ccc1OC(=O)N(C)C.Cl. The van der Waals surface area contributed by atoms with Gasteiger partial charge >= 0.3 is 6.09 Å². The monoisotopic (exact) mass is 450 g/mol. The number of anilines is 1. The van der Waals surface area contributed by atoms with Gasteiger partial charge in [0, 0.05) is 52.9 Å². The molecular weight excluding hydrogens is 424 g/mol. The fourth-order valence-corrected chi connectivity index (χ4v) is 3.37. The van der Waals surface area contributed by atoms with Gasteiger partial charge in [-0.3, -0.25) is 15.0 Å². The third-order valence-corrected chi connectivity index (χ3v) is 4.99. The molecule has 31 heavy (non-hydrogen) atoms. The zero-order valence-electron chi connectivity index (χ0n) is 17.8. The van der Waals surface area contributed by atoms with Crippen LogP contribution in [0, 0.1) is 10.1 Å². The van der Waals surface area contributed by atoms with E-state index < -0.39 is 6.09 Å². The maximum Gasteiger partial charge on any atom is 0.414 e. The minimum atomic E-state index is -0.466. The van der Waals surface area contributed by atoms with Gasteiger partial charge in [-0.2, -0.15) is 0 Å². The second kappa shape index (κ2) is 10.8. The number of benzene rings is 2. The molecule has 168 valence electrons. The first kappa shape index (κ1) is 24.2. The van der Waals surface area contributed by atoms with Crippen molar-refractivity contribution < 1.29 is 19.2 Å². The summed E-state index contributed by atoms with van der Waals surface area (Å²) in [6.45, 7) is 3.70. The molecule has 0 aliphatic carbocycles. The van der Waals surface area contributed by atoms with Crippen molar-refractivity contribution in [1.29, 1.82) is 0 Å². The van der Waals surface area contributed by atoms with Gasteiger partial charge in [-0.05, 0) is 23.8 Å². The Morgan fingerprint density at radius 1 is 1.10 bits per heavy atom. The second-order valence-corrected chi connectivity index (χ2v) is 7.26. The summed E-state index contributed by atoms with van der Waals surface area (Å²) in [7, 11) is 4.78. The first-order valence-corrected chi connectivity index (χ1v) is 9.66. The van der Waals surface area contributed by atoms with Crippen LogP contribution in [0.3, 0.4) is 0 Å². The van der Waals surface area contributed by atoms with Crippen LogP contribution in [0.2, 0.25) is 0 Å². The summed E-state index contributed by atoms with van der Waals surface area (Å²) in [5.74, 6) is 0.877. The molecule has 0 unspecified atom stereocenters. The lowest BCUT2D eigenvalue weighted by Crippen LogP contribution is -2.46. The number of carbonyl (C=O) groups excluding carboxylic acids is 1. The Morgan fingerprint density at radius 3 is 2.39 bits per heavy atom. The predicted octanol–water partition coefficient (Wildman–Crippen LogP) is 3.41. The van der Waals surface area contributed by atoms with Crippen molar-refractivity contribution in [3.63, 3.8) is 0 Å². The van der Waals surface area contributed by atoms with E-state index in [0.717, 1.165) is 18.7 Å². The molecule has 0 N–H and O–H groups in total. The number of para-hydroxylation sites is 2. The van der Waals surface area contributed by atoms with Gasteiger partial charge in [0.05, 0.1) is 12.0 Å². The molecule has 9 nitrogen and oxygen atoms in total. The Balaban J connectivity index is 0.00000341. The van der Waals surface area contributed by atoms with Crippen LogP contribution in [0.4, 0.5) is 16.2 Å². The fraction of sp³-hybridized carbons (Fsp3) is 0.381. The van der Waals surface area contributed by atoms with Crippen LogP contribution in [-0.2, 0) is 6.54 Å². The van der Waals surface area contributed by atoms with Crippen molar-refractivity contribution in [2.24, 2.45) is 0 Å². The predicted molar refractivity (Wildman–Crippen MR) is 121 cm³/mol. The van der Waals surface area contributed by atoms with Gasteiger partial charge in [-0.25, -0.2) is 4.79 Å². The van der Waals surface area contributed by atoms with E-state index in [1.807, 2.05) is 18.2 Å². The Bertz CT molecular complexity index is 916. The molecule has 0 spiro atoms. The zero-order valence-corrected chi connectivity index (χ0v) is 18.6. The summed E-state index contributed by atoms with van der Waals surface area (Å²) in [5, 5.41) is 11.3. The van der Waals surface area contributed by atoms with Gasteiger partial charge < -0.3 is 19.3 Å². The maximum atomic E-state index is 11.8. The molecule has 2 aromatic carbocycles. The normalized spacial score (nSPS) is 13.8. The molecule has 0 aromatic heterocycles. The topological polar surface area (TPSA) is 88.4 Å². The van der Waals surface area contributed by atoms with E-state index in [4.69, 9.17) is 9.47 Å². The molecule has 1 aliphatic heterocycles. The number of piperazine rings is 1. The number of ether oxygens (including phenoxy) is 2. The molecule has 2 aromatic rings. The van der Waals surface area contributed by atoms with Crippen molar-refractivity contribution in [3.8, 4) is 11.5 Å². The third kappa shape index (κ3) is 5.99. The highest BCUT2D eigenvalue weighted by molar-refractivity contribution is 5.85. The number of nitro benzene ring substituents is 1. The molecule has 1 saturated heterocycles. The van der Waals surface area contributed by atoms with Crippen LogP contribution in [0.25, 0.3) is 0 Å². The van der Waals surface area contributed by atoms with E-state index in [0.29, 0.717) is 36.8 Å². The minimum absolute atomic E-state index is 0. The van der Waals surface area contributed by atoms with E-state index in [2.05, 4.69) is 9.80 Å². The Morgan fingerprint density at radius 2 is 1.77 bits per heavy atom. The lowest BCUT2D eigenvalue weighted by Gasteiger charge is -2.35. The number of methoxy groups -OCH3 is 1. The molecule has 1 heterocycles. The van der Waals surface area contributed by atoms with Crippen LogP contribution in [0.1, 0.15) is 5.56 Å². The molecule has 0 atom stereocenters. The Labute approximate surface area is 187 Å². The summed E-state index contributed by atoms with van der Waals surface area (Å²) in [5.41, 5.74) is 1.84. The van der Waals surface area contributed by atoms with Crippen molar-refractivity contribution in [1.82, 2.24) is 9.80 Å². The fourth-order valence-electron chi connectivity index (χ4n) is 3.37. The van der Waals surface area contributed by atoms with E-state index >= 15 is 0 Å². The number of amides is 1. The highest BCUT2D eigenvalue weighted by atomic mass is 35.5. The molecular formula is C21H27ClN4O5. The van der Waals surface area contributed by atoms with E-state index in [1.54, 1.807) is 38.4 Å². The average molecular weight is 451 g/mol. The van der Waals surface area contributed by atoms with Crippen LogP contribution in [-0.4, -0.2) is 68.2 Å². The van der Waals surface area contributed by atoms with E-state index in [9.17, 15) is 14.9 Å². The van der Waals surface area contributed by atoms with Crippen LogP contribution in [0.15, 0.2) is 42.5 Å². The second-order valence-electron chi connectivity index (χ2n) is 7.26. The summed E-state index contributed by atoms with van der Waals surface area (Å²) in [4.78, 5) is 28.4. The smallest absolute Gasteiger partial charge is 0.414 e. The maximum absolute atomic E-state index is 11.8. The molecule has 1 aliphatic rings. The van der Waals surface area contributed by atoms with Crippen molar-refractivity contribution in [2.75, 3.05) is 52.3 Å². The molecule has 0 radical (unpaired) electrons. The number of hydrogen-bond acceptors (Lipinski definition) is 7. The number of rotatable bonds is 6. The van der Waals surface area contributed by atoms with Crippen LogP contribution >= 0.6 is 12.4 Å². The summed E-state index contributed by atoms with van der Waals surface area (Å²) >= 11 is 0. The summed E-state index contributed by atoms with van der Waals surface area (Å²) in [6, 6.07) is 12.4. The lowest BCUT2D eigenvalue weighted by molar-refractivity contribution is -0.384. The number of carbonyl (C=O) groups is 1. The molecule has 0 saturated carbocycles. The summed E-state index contributed by atoms with van der Waals surface area (Å²) < 4.78 is 10.7. The largest absolute Gasteiger partial charge is 0.493 e. The van der Waals surface area contributed by atoms with Gasteiger partial charge in [0.25, 0.3) is 5.69 Å².